The first-order chi connectivity index (χ1) is 8.18. The molecule has 1 heterocycles. The second-order valence-corrected chi connectivity index (χ2v) is 7.27. The van der Waals surface area contributed by atoms with Crippen molar-refractivity contribution in [1.82, 2.24) is 0 Å². The molecule has 1 saturated heterocycles. The summed E-state index contributed by atoms with van der Waals surface area (Å²) in [6.45, 7) is 8.36. The number of nitrogens with two attached hydrogens (primary N) is 1. The Morgan fingerprint density at radius 2 is 1.94 bits per heavy atom. The Morgan fingerprint density at radius 1 is 1.28 bits per heavy atom. The summed E-state index contributed by atoms with van der Waals surface area (Å²) in [6, 6.07) is 4.68. The van der Waals surface area contributed by atoms with E-state index in [0.717, 1.165) is 11.3 Å². The van der Waals surface area contributed by atoms with Crippen molar-refractivity contribution in [2.45, 2.75) is 55.5 Å². The second kappa shape index (κ2) is 4.42. The summed E-state index contributed by atoms with van der Waals surface area (Å²) in [6.07, 6.45) is 0.946. The standard InChI is InChI=1S/C14H20FNOS/c1-13(2)8-12(14(3,4)17-13)18-11-6-9(15)5-10(16)7-11/h5-7,12H,8,16H2,1-4H3. The molecule has 2 rings (SSSR count). The minimum Gasteiger partial charge on any atom is -0.399 e. The van der Waals surface area contributed by atoms with Gasteiger partial charge in [-0.2, -0.15) is 0 Å². The summed E-state index contributed by atoms with van der Waals surface area (Å²) < 4.78 is 19.4. The quantitative estimate of drug-likeness (QED) is 0.828. The van der Waals surface area contributed by atoms with Crippen LogP contribution in [0.4, 0.5) is 10.1 Å². The first-order valence-electron chi connectivity index (χ1n) is 6.11. The zero-order valence-electron chi connectivity index (χ0n) is 11.3. The van der Waals surface area contributed by atoms with Crippen LogP contribution in [0.2, 0.25) is 0 Å². The number of benzene rings is 1. The largest absolute Gasteiger partial charge is 0.399 e. The number of thioether (sulfide) groups is 1. The first kappa shape index (κ1) is 13.7. The predicted octanol–water partition coefficient (Wildman–Crippen LogP) is 3.85. The van der Waals surface area contributed by atoms with Crippen LogP contribution in [0, 0.1) is 5.82 Å². The summed E-state index contributed by atoms with van der Waals surface area (Å²) >= 11 is 1.64. The van der Waals surface area contributed by atoms with Crippen LogP contribution < -0.4 is 5.73 Å². The minimum atomic E-state index is -0.284. The Hall–Kier alpha value is -0.740. The minimum absolute atomic E-state index is 0.125. The molecule has 4 heteroatoms. The molecule has 100 valence electrons. The van der Waals surface area contributed by atoms with Crippen molar-refractivity contribution in [3.8, 4) is 0 Å². The molecule has 0 radical (unpaired) electrons. The molecule has 18 heavy (non-hydrogen) atoms. The van der Waals surface area contributed by atoms with Crippen LogP contribution in [0.15, 0.2) is 23.1 Å². The molecule has 0 aliphatic carbocycles. The van der Waals surface area contributed by atoms with Crippen LogP contribution >= 0.6 is 11.8 Å². The molecule has 0 spiro atoms. The molecule has 1 aromatic rings. The third kappa shape index (κ3) is 2.98. The van der Waals surface area contributed by atoms with E-state index in [1.54, 1.807) is 11.8 Å². The monoisotopic (exact) mass is 269 g/mol. The molecular formula is C14H20FNOS. The maximum atomic E-state index is 13.3. The Bertz CT molecular complexity index is 439. The lowest BCUT2D eigenvalue weighted by Gasteiger charge is -2.27. The van der Waals surface area contributed by atoms with E-state index < -0.39 is 0 Å². The van der Waals surface area contributed by atoms with E-state index in [1.807, 2.05) is 6.07 Å². The van der Waals surface area contributed by atoms with Crippen LogP contribution in [0.3, 0.4) is 0 Å². The second-order valence-electron chi connectivity index (χ2n) is 6.00. The first-order valence-corrected chi connectivity index (χ1v) is 6.99. The highest BCUT2D eigenvalue weighted by Crippen LogP contribution is 2.46. The van der Waals surface area contributed by atoms with E-state index in [2.05, 4.69) is 27.7 Å². The van der Waals surface area contributed by atoms with Crippen LogP contribution in [0.1, 0.15) is 34.1 Å². The molecule has 0 bridgehead atoms. The van der Waals surface area contributed by atoms with Crippen molar-refractivity contribution >= 4 is 17.4 Å². The summed E-state index contributed by atoms with van der Waals surface area (Å²) in [5.74, 6) is -0.284. The highest BCUT2D eigenvalue weighted by Gasteiger charge is 2.46. The molecule has 1 aliphatic rings. The van der Waals surface area contributed by atoms with Gasteiger partial charge in [0.2, 0.25) is 0 Å². The highest BCUT2D eigenvalue weighted by atomic mass is 32.2. The normalized spacial score (nSPS) is 25.3. The lowest BCUT2D eigenvalue weighted by Crippen LogP contribution is -2.30. The Labute approximate surface area is 112 Å². The number of hydrogen-bond donors (Lipinski definition) is 1. The van der Waals surface area contributed by atoms with Gasteiger partial charge >= 0.3 is 0 Å². The lowest BCUT2D eigenvalue weighted by molar-refractivity contribution is -0.0631. The fourth-order valence-corrected chi connectivity index (χ4v) is 4.04. The number of nitrogen functional groups attached to an aromatic ring is 1. The van der Waals surface area contributed by atoms with Gasteiger partial charge in [-0.15, -0.1) is 11.8 Å². The average Bonchev–Trinajstić information content (AvgIpc) is 2.31. The van der Waals surface area contributed by atoms with Crippen molar-refractivity contribution < 1.29 is 9.13 Å². The van der Waals surface area contributed by atoms with Gasteiger partial charge in [-0.3, -0.25) is 0 Å². The number of halogens is 1. The van der Waals surface area contributed by atoms with Crippen LogP contribution in [0.25, 0.3) is 0 Å². The van der Waals surface area contributed by atoms with Crippen LogP contribution in [-0.2, 0) is 4.74 Å². The van der Waals surface area contributed by atoms with Crippen LogP contribution in [-0.4, -0.2) is 16.5 Å². The van der Waals surface area contributed by atoms with E-state index in [0.29, 0.717) is 10.9 Å². The molecule has 1 aliphatic heterocycles. The Morgan fingerprint density at radius 3 is 2.44 bits per heavy atom. The van der Waals surface area contributed by atoms with Gasteiger partial charge in [-0.25, -0.2) is 4.39 Å². The molecule has 0 saturated carbocycles. The average molecular weight is 269 g/mol. The van der Waals surface area contributed by atoms with Gasteiger partial charge in [0.25, 0.3) is 0 Å². The van der Waals surface area contributed by atoms with Gasteiger partial charge in [0.05, 0.1) is 11.2 Å². The van der Waals surface area contributed by atoms with Crippen molar-refractivity contribution in [2.75, 3.05) is 5.73 Å². The zero-order chi connectivity index (χ0) is 13.6. The zero-order valence-corrected chi connectivity index (χ0v) is 12.1. The summed E-state index contributed by atoms with van der Waals surface area (Å²) in [5.41, 5.74) is 5.80. The number of hydrogen-bond acceptors (Lipinski definition) is 3. The number of rotatable bonds is 2. The van der Waals surface area contributed by atoms with Crippen molar-refractivity contribution in [1.29, 1.82) is 0 Å². The molecule has 0 amide bonds. The topological polar surface area (TPSA) is 35.2 Å². The summed E-state index contributed by atoms with van der Waals surface area (Å²) in [4.78, 5) is 0.867. The van der Waals surface area contributed by atoms with E-state index in [4.69, 9.17) is 10.5 Å². The molecule has 2 nitrogen and oxygen atoms in total. The highest BCUT2D eigenvalue weighted by molar-refractivity contribution is 8.00. The lowest BCUT2D eigenvalue weighted by atomic mass is 10.0. The van der Waals surface area contributed by atoms with Gasteiger partial charge in [-0.1, -0.05) is 0 Å². The molecule has 1 unspecified atom stereocenters. The fourth-order valence-electron chi connectivity index (χ4n) is 2.51. The van der Waals surface area contributed by atoms with E-state index >= 15 is 0 Å². The maximum absolute atomic E-state index is 13.3. The van der Waals surface area contributed by atoms with Crippen LogP contribution in [0.5, 0.6) is 0 Å². The van der Waals surface area contributed by atoms with Crippen molar-refractivity contribution in [3.05, 3.63) is 24.0 Å². The molecule has 2 N–H and O–H groups in total. The molecule has 1 fully saturated rings. The number of anilines is 1. The smallest absolute Gasteiger partial charge is 0.126 e. The third-order valence-corrected chi connectivity index (χ3v) is 4.69. The SMILES string of the molecule is CC1(C)CC(Sc2cc(N)cc(F)c2)C(C)(C)O1. The fraction of sp³-hybridized carbons (Fsp3) is 0.571. The molecular weight excluding hydrogens is 249 g/mol. The third-order valence-electron chi connectivity index (χ3n) is 3.16. The molecule has 1 aromatic carbocycles. The summed E-state index contributed by atoms with van der Waals surface area (Å²) in [7, 11) is 0. The van der Waals surface area contributed by atoms with E-state index in [1.165, 1.54) is 12.1 Å². The van der Waals surface area contributed by atoms with Crippen molar-refractivity contribution in [2.24, 2.45) is 0 Å². The Kier molecular flexibility index (Phi) is 3.36. The van der Waals surface area contributed by atoms with E-state index in [9.17, 15) is 4.39 Å². The van der Waals surface area contributed by atoms with Gasteiger partial charge < -0.3 is 10.5 Å². The van der Waals surface area contributed by atoms with Gasteiger partial charge in [0, 0.05) is 15.8 Å². The number of ether oxygens (including phenoxy) is 1. The maximum Gasteiger partial charge on any atom is 0.126 e. The Balaban J connectivity index is 2.19. The van der Waals surface area contributed by atoms with Crippen molar-refractivity contribution in [3.63, 3.8) is 0 Å². The van der Waals surface area contributed by atoms with Gasteiger partial charge in [0.1, 0.15) is 5.82 Å². The molecule has 1 atom stereocenters. The van der Waals surface area contributed by atoms with Gasteiger partial charge in [0.15, 0.2) is 0 Å². The van der Waals surface area contributed by atoms with Gasteiger partial charge in [-0.05, 0) is 52.3 Å². The summed E-state index contributed by atoms with van der Waals surface area (Å²) in [5, 5.41) is 0.300. The molecule has 0 aromatic heterocycles. The predicted molar refractivity (Wildman–Crippen MR) is 74.3 cm³/mol. The van der Waals surface area contributed by atoms with E-state index in [-0.39, 0.29) is 17.0 Å².